The van der Waals surface area contributed by atoms with Crippen LogP contribution in [0.3, 0.4) is 0 Å². The maximum atomic E-state index is 13.3. The van der Waals surface area contributed by atoms with Gasteiger partial charge in [0.2, 0.25) is 11.8 Å². The predicted octanol–water partition coefficient (Wildman–Crippen LogP) is 1.86. The molecule has 0 saturated carbocycles. The van der Waals surface area contributed by atoms with E-state index in [0.29, 0.717) is 16.2 Å². The molecule has 2 unspecified atom stereocenters. The van der Waals surface area contributed by atoms with E-state index in [0.717, 1.165) is 38.4 Å². The molecular weight excluding hydrogens is 422 g/mol. The molecule has 8 heteroatoms. The number of carbonyl (C=O) groups excluding carboxylic acids is 3. The number of imide groups is 1. The average Bonchev–Trinajstić information content (AvgIpc) is 3.27. The zero-order valence-corrected chi connectivity index (χ0v) is 18.0. The van der Waals surface area contributed by atoms with Gasteiger partial charge in [-0.2, -0.15) is 0 Å². The van der Waals surface area contributed by atoms with E-state index in [1.54, 1.807) is 12.1 Å². The van der Waals surface area contributed by atoms with Crippen molar-refractivity contribution >= 4 is 17.7 Å². The number of fused-ring (bicyclic) bond motifs is 1. The molecule has 3 aliphatic heterocycles. The Bertz CT molecular complexity index is 1270. The third-order valence-electron chi connectivity index (χ3n) is 5.87. The number of nitrogens with zero attached hydrogens (tertiary/aromatic N) is 2. The maximum absolute atomic E-state index is 13.3. The second kappa shape index (κ2) is 9.33. The molecule has 2 fully saturated rings. The number of rotatable bonds is 6. The third kappa shape index (κ3) is 4.62. The first-order chi connectivity index (χ1) is 18.1. The van der Waals surface area contributed by atoms with Crippen LogP contribution in [0.15, 0.2) is 42.5 Å². The largest absolute Gasteiger partial charge is 0.489 e. The number of benzene rings is 2. The highest BCUT2D eigenvalue weighted by molar-refractivity contribution is 6.05. The highest BCUT2D eigenvalue weighted by Gasteiger charge is 2.40. The minimum Gasteiger partial charge on any atom is -0.489 e. The van der Waals surface area contributed by atoms with Crippen molar-refractivity contribution < 1.29 is 30.8 Å². The van der Waals surface area contributed by atoms with Gasteiger partial charge in [0.15, 0.2) is 1.41 Å². The summed E-state index contributed by atoms with van der Waals surface area (Å²) in [5.74, 6) is -3.37. The minimum absolute atomic E-state index is 0.133. The number of amides is 3. The number of morpholine rings is 1. The van der Waals surface area contributed by atoms with Crippen LogP contribution in [0.25, 0.3) is 0 Å². The molecule has 2 aromatic rings. The zero-order valence-electron chi connectivity index (χ0n) is 23.0. The number of hydrogen-bond acceptors (Lipinski definition) is 6. The molecule has 3 amide bonds. The van der Waals surface area contributed by atoms with Crippen LogP contribution in [-0.2, 0) is 34.0 Å². The van der Waals surface area contributed by atoms with Gasteiger partial charge in [0.25, 0.3) is 5.91 Å². The van der Waals surface area contributed by atoms with E-state index in [1.807, 2.05) is 24.3 Å². The van der Waals surface area contributed by atoms with E-state index in [4.69, 9.17) is 16.4 Å². The minimum atomic E-state index is -3.04. The fraction of sp³-hybridized carbons (Fsp3) is 0.400. The molecule has 2 saturated heterocycles. The Morgan fingerprint density at radius 2 is 1.88 bits per heavy atom. The van der Waals surface area contributed by atoms with Crippen LogP contribution in [0, 0.1) is 0 Å². The smallest absolute Gasteiger partial charge is 0.255 e. The molecule has 2 atom stereocenters. The fourth-order valence-corrected chi connectivity index (χ4v) is 4.11. The Hall–Kier alpha value is -3.23. The van der Waals surface area contributed by atoms with Gasteiger partial charge >= 0.3 is 0 Å². The van der Waals surface area contributed by atoms with E-state index < -0.39 is 36.5 Å². The summed E-state index contributed by atoms with van der Waals surface area (Å²) < 4.78 is 52.2. The van der Waals surface area contributed by atoms with Crippen molar-refractivity contribution in [2.24, 2.45) is 0 Å². The fourth-order valence-electron chi connectivity index (χ4n) is 4.11. The quantitative estimate of drug-likeness (QED) is 0.671. The monoisotopic (exact) mass is 454 g/mol. The summed E-state index contributed by atoms with van der Waals surface area (Å²) in [5, 5.41) is -0.192. The molecule has 3 heterocycles. The van der Waals surface area contributed by atoms with Gasteiger partial charge in [-0.15, -0.1) is 0 Å². The molecule has 3 aliphatic rings. The number of nitrogens with one attached hydrogen (secondary N) is 1. The van der Waals surface area contributed by atoms with E-state index in [1.165, 1.54) is 11.6 Å². The zero-order chi connectivity index (χ0) is 27.2. The Balaban J connectivity index is 1.32. The standard InChI is InChI=1S/C25H27N3O5/c29-23-9-8-21(24(30)26-23)28-15-20-19(25(28)31)2-1-3-22(20)33-16-18-6-4-17(5-7-18)14-27-10-12-32-13-11-27/h1-7,21H,8-16H2,(H,26,29,30)/i8D2,9D,21D/hD. The van der Waals surface area contributed by atoms with Crippen molar-refractivity contribution in [1.82, 2.24) is 15.1 Å². The second-order valence-electron chi connectivity index (χ2n) is 8.06. The van der Waals surface area contributed by atoms with Gasteiger partial charge in [-0.25, -0.2) is 0 Å². The van der Waals surface area contributed by atoms with E-state index >= 15 is 0 Å². The number of piperidine rings is 1. The molecule has 0 radical (unpaired) electrons. The van der Waals surface area contributed by atoms with E-state index in [9.17, 15) is 14.4 Å². The van der Waals surface area contributed by atoms with E-state index in [-0.39, 0.29) is 24.0 Å². The predicted molar refractivity (Wildman–Crippen MR) is 119 cm³/mol. The summed E-state index contributed by atoms with van der Waals surface area (Å²) in [7, 11) is 0. The Labute approximate surface area is 199 Å². The van der Waals surface area contributed by atoms with Crippen molar-refractivity contribution in [3.05, 3.63) is 64.7 Å². The first-order valence-corrected chi connectivity index (χ1v) is 10.8. The van der Waals surface area contributed by atoms with Crippen LogP contribution in [0.2, 0.25) is 1.41 Å². The van der Waals surface area contributed by atoms with Crippen molar-refractivity contribution in [2.45, 2.75) is 38.5 Å². The molecule has 8 nitrogen and oxygen atoms in total. The second-order valence-corrected chi connectivity index (χ2v) is 8.06. The topological polar surface area (TPSA) is 88.2 Å². The highest BCUT2D eigenvalue weighted by atomic mass is 16.5. The van der Waals surface area contributed by atoms with E-state index in [2.05, 4.69) is 4.90 Å². The summed E-state index contributed by atoms with van der Waals surface area (Å²) in [5.41, 5.74) is 2.56. The summed E-state index contributed by atoms with van der Waals surface area (Å²) in [4.78, 5) is 41.1. The summed E-state index contributed by atoms with van der Waals surface area (Å²) >= 11 is 0. The van der Waals surface area contributed by atoms with Crippen LogP contribution in [-0.4, -0.2) is 59.8 Å². The molecule has 1 N–H and O–H groups in total. The molecule has 172 valence electrons. The van der Waals surface area contributed by atoms with Gasteiger partial charge in [-0.1, -0.05) is 30.3 Å². The SMILES string of the molecule is [2H]C1C(=O)N([2H])C(=O)C([2H])(N2Cc3c(OCc4ccc(CN5CCOCC5)cc4)cccc3C2=O)C1([2H])[2H]. The van der Waals surface area contributed by atoms with Gasteiger partial charge in [-0.3, -0.25) is 24.6 Å². The van der Waals surface area contributed by atoms with Crippen LogP contribution in [0.1, 0.15) is 45.3 Å². The molecular formula is C25H27N3O5. The number of hydrogen-bond donors (Lipinski definition) is 1. The maximum Gasteiger partial charge on any atom is 0.255 e. The molecule has 2 aromatic carbocycles. The lowest BCUT2D eigenvalue weighted by Crippen LogP contribution is -2.52. The van der Waals surface area contributed by atoms with Crippen LogP contribution in [0.5, 0.6) is 5.75 Å². The molecule has 0 bridgehead atoms. The summed E-state index contributed by atoms with van der Waals surface area (Å²) in [6.45, 7) is 3.93. The van der Waals surface area contributed by atoms with Gasteiger partial charge in [0, 0.05) is 41.3 Å². The van der Waals surface area contributed by atoms with Gasteiger partial charge in [-0.05, 0) is 29.6 Å². The van der Waals surface area contributed by atoms with Crippen LogP contribution in [0.4, 0.5) is 0 Å². The van der Waals surface area contributed by atoms with Crippen LogP contribution < -0.4 is 10.0 Å². The average molecular weight is 455 g/mol. The highest BCUT2D eigenvalue weighted by Crippen LogP contribution is 2.34. The lowest BCUT2D eigenvalue weighted by atomic mass is 10.0. The van der Waals surface area contributed by atoms with Gasteiger partial charge in [0.05, 0.1) is 21.1 Å². The third-order valence-corrected chi connectivity index (χ3v) is 5.87. The van der Waals surface area contributed by atoms with Crippen molar-refractivity contribution in [3.8, 4) is 5.75 Å². The summed E-state index contributed by atoms with van der Waals surface area (Å²) in [6.07, 6.45) is -5.26. The Kier molecular flexibility index (Phi) is 4.63. The lowest BCUT2D eigenvalue weighted by Gasteiger charge is -2.29. The molecule has 0 spiro atoms. The Morgan fingerprint density at radius 1 is 1.12 bits per heavy atom. The van der Waals surface area contributed by atoms with Crippen LogP contribution >= 0.6 is 0 Å². The molecule has 0 aromatic heterocycles. The molecule has 33 heavy (non-hydrogen) atoms. The number of carbonyl (C=O) groups is 3. The lowest BCUT2D eigenvalue weighted by molar-refractivity contribution is -0.136. The Morgan fingerprint density at radius 3 is 2.67 bits per heavy atom. The molecule has 5 rings (SSSR count). The first kappa shape index (κ1) is 16.4. The van der Waals surface area contributed by atoms with Crippen molar-refractivity contribution in [2.75, 3.05) is 26.3 Å². The normalized spacial score (nSPS) is 29.6. The molecule has 0 aliphatic carbocycles. The summed E-state index contributed by atoms with van der Waals surface area (Å²) in [6, 6.07) is 9.71. The van der Waals surface area contributed by atoms with Crippen molar-refractivity contribution in [3.63, 3.8) is 0 Å². The number of ether oxygens (including phenoxy) is 2. The van der Waals surface area contributed by atoms with Crippen molar-refractivity contribution in [1.29, 1.82) is 0 Å². The van der Waals surface area contributed by atoms with Gasteiger partial charge in [0.1, 0.15) is 18.4 Å². The van der Waals surface area contributed by atoms with Gasteiger partial charge < -0.3 is 14.4 Å². The first-order valence-electron chi connectivity index (χ1n) is 13.3.